The van der Waals surface area contributed by atoms with Crippen LogP contribution >= 0.6 is 0 Å². The number of anilines is 1. The van der Waals surface area contributed by atoms with E-state index in [-0.39, 0.29) is 11.8 Å². The summed E-state index contributed by atoms with van der Waals surface area (Å²) < 4.78 is 5.43. The van der Waals surface area contributed by atoms with Gasteiger partial charge in [-0.1, -0.05) is 11.2 Å². The molecule has 0 radical (unpaired) electrons. The molecule has 1 amide bonds. The zero-order chi connectivity index (χ0) is 13.7. The van der Waals surface area contributed by atoms with Crippen molar-refractivity contribution in [2.45, 2.75) is 13.3 Å². The second-order valence-electron chi connectivity index (χ2n) is 4.42. The van der Waals surface area contributed by atoms with Crippen molar-refractivity contribution >= 4 is 11.6 Å². The summed E-state index contributed by atoms with van der Waals surface area (Å²) in [5, 5.41) is 3.54. The number of rotatable bonds is 5. The zero-order valence-electron chi connectivity index (χ0n) is 10.8. The summed E-state index contributed by atoms with van der Waals surface area (Å²) in [7, 11) is 0. The third-order valence-electron chi connectivity index (χ3n) is 3.05. The normalized spacial score (nSPS) is 18.3. The van der Waals surface area contributed by atoms with Crippen molar-refractivity contribution in [2.75, 3.05) is 24.6 Å². The van der Waals surface area contributed by atoms with Crippen molar-refractivity contribution in [1.29, 1.82) is 0 Å². The maximum absolute atomic E-state index is 12.0. The summed E-state index contributed by atoms with van der Waals surface area (Å²) in [6, 6.07) is 7.48. The average molecular weight is 260 g/mol. The molecule has 1 fully saturated rings. The minimum Gasteiger partial charge on any atom is -0.494 e. The average Bonchev–Trinajstić information content (AvgIpc) is 2.78. The van der Waals surface area contributed by atoms with Gasteiger partial charge in [0, 0.05) is 36.2 Å². The van der Waals surface area contributed by atoms with Gasteiger partial charge in [-0.3, -0.25) is 4.79 Å². The van der Waals surface area contributed by atoms with Crippen LogP contribution in [0.1, 0.15) is 13.3 Å². The Bertz CT molecular complexity index is 511. The first-order chi connectivity index (χ1) is 9.24. The lowest BCUT2D eigenvalue weighted by atomic mass is 10.1. The van der Waals surface area contributed by atoms with Crippen LogP contribution in [0.3, 0.4) is 0 Å². The van der Waals surface area contributed by atoms with E-state index in [0.29, 0.717) is 26.1 Å². The Morgan fingerprint density at radius 3 is 3.16 bits per heavy atom. The minimum atomic E-state index is 0.0618. The molecule has 0 saturated carbocycles. The Morgan fingerprint density at radius 1 is 1.58 bits per heavy atom. The van der Waals surface area contributed by atoms with E-state index in [4.69, 9.17) is 10.3 Å². The van der Waals surface area contributed by atoms with E-state index in [1.165, 1.54) is 0 Å². The Morgan fingerprint density at radius 2 is 2.42 bits per heavy atom. The van der Waals surface area contributed by atoms with Crippen LogP contribution in [0.5, 0.6) is 5.75 Å². The molecule has 1 aromatic rings. The van der Waals surface area contributed by atoms with E-state index in [2.05, 4.69) is 10.0 Å². The van der Waals surface area contributed by atoms with Crippen LogP contribution in [-0.4, -0.2) is 25.6 Å². The predicted octanol–water partition coefficient (Wildman–Crippen LogP) is 2.75. The molecule has 6 nitrogen and oxygen atoms in total. The number of nitrogens with zero attached hydrogens (tertiary/aromatic N) is 4. The third kappa shape index (κ3) is 3.17. The molecule has 1 unspecified atom stereocenters. The Hall–Kier alpha value is -2.20. The molecule has 1 aromatic carbocycles. The van der Waals surface area contributed by atoms with Crippen LogP contribution in [0.15, 0.2) is 29.4 Å². The van der Waals surface area contributed by atoms with Gasteiger partial charge in [0.2, 0.25) is 5.91 Å². The zero-order valence-corrected chi connectivity index (χ0v) is 10.8. The first-order valence-electron chi connectivity index (χ1n) is 6.28. The second-order valence-corrected chi connectivity index (χ2v) is 4.42. The second kappa shape index (κ2) is 6.11. The number of hydrogen-bond acceptors (Lipinski definition) is 3. The quantitative estimate of drug-likeness (QED) is 0.463. The molecule has 0 aliphatic carbocycles. The van der Waals surface area contributed by atoms with Crippen LogP contribution in [0.4, 0.5) is 5.69 Å². The summed E-state index contributed by atoms with van der Waals surface area (Å²) in [5.74, 6) is 0.914. The lowest BCUT2D eigenvalue weighted by molar-refractivity contribution is -0.117. The number of ether oxygens (including phenoxy) is 1. The fraction of sp³-hybridized carbons (Fsp3) is 0.462. The van der Waals surface area contributed by atoms with E-state index in [1.54, 1.807) is 4.90 Å². The van der Waals surface area contributed by atoms with Crippen LogP contribution in [-0.2, 0) is 4.79 Å². The molecule has 1 aliphatic heterocycles. The van der Waals surface area contributed by atoms with Gasteiger partial charge in [0.25, 0.3) is 0 Å². The van der Waals surface area contributed by atoms with Crippen molar-refractivity contribution in [1.82, 2.24) is 0 Å². The summed E-state index contributed by atoms with van der Waals surface area (Å²) in [5.41, 5.74) is 9.15. The first kappa shape index (κ1) is 13.2. The van der Waals surface area contributed by atoms with Gasteiger partial charge < -0.3 is 9.64 Å². The number of amides is 1. The van der Waals surface area contributed by atoms with Gasteiger partial charge in [-0.15, -0.1) is 0 Å². The lowest BCUT2D eigenvalue weighted by Crippen LogP contribution is -2.24. The molecular weight excluding hydrogens is 244 g/mol. The molecule has 1 heterocycles. The van der Waals surface area contributed by atoms with Crippen molar-refractivity contribution in [3.63, 3.8) is 0 Å². The van der Waals surface area contributed by atoms with Crippen molar-refractivity contribution in [3.8, 4) is 5.75 Å². The van der Waals surface area contributed by atoms with Crippen molar-refractivity contribution in [2.24, 2.45) is 11.0 Å². The Kier molecular flexibility index (Phi) is 4.26. The number of hydrogen-bond donors (Lipinski definition) is 0. The smallest absolute Gasteiger partial charge is 0.227 e. The molecule has 6 heteroatoms. The molecule has 1 saturated heterocycles. The van der Waals surface area contributed by atoms with E-state index < -0.39 is 0 Å². The molecule has 2 rings (SSSR count). The van der Waals surface area contributed by atoms with Gasteiger partial charge in [0.1, 0.15) is 5.75 Å². The molecule has 100 valence electrons. The summed E-state index contributed by atoms with van der Waals surface area (Å²) in [6.45, 7) is 3.47. The minimum absolute atomic E-state index is 0.0618. The number of carbonyl (C=O) groups is 1. The monoisotopic (exact) mass is 260 g/mol. The molecule has 1 atom stereocenters. The molecule has 0 aromatic heterocycles. The van der Waals surface area contributed by atoms with E-state index in [0.717, 1.165) is 11.4 Å². The molecule has 1 aliphatic rings. The van der Waals surface area contributed by atoms with Gasteiger partial charge in [-0.2, -0.15) is 0 Å². The molecule has 19 heavy (non-hydrogen) atoms. The van der Waals surface area contributed by atoms with Crippen molar-refractivity contribution < 1.29 is 9.53 Å². The standard InChI is InChI=1S/C13H16N4O2/c1-2-19-12-5-3-4-11(7-12)17-9-10(6-13(17)18)8-15-16-14/h3-5,7,10H,2,6,8-9H2,1H3. The first-order valence-corrected chi connectivity index (χ1v) is 6.28. The summed E-state index contributed by atoms with van der Waals surface area (Å²) in [4.78, 5) is 16.4. The maximum Gasteiger partial charge on any atom is 0.227 e. The SMILES string of the molecule is CCOc1cccc(N2CC(CN=[N+]=[N-])CC2=O)c1. The molecular formula is C13H16N4O2. The third-order valence-corrected chi connectivity index (χ3v) is 3.05. The highest BCUT2D eigenvalue weighted by Crippen LogP contribution is 2.28. The highest BCUT2D eigenvalue weighted by Gasteiger charge is 2.30. The van der Waals surface area contributed by atoms with Gasteiger partial charge >= 0.3 is 0 Å². The Labute approximate surface area is 111 Å². The summed E-state index contributed by atoms with van der Waals surface area (Å²) in [6.07, 6.45) is 0.428. The molecule has 0 N–H and O–H groups in total. The fourth-order valence-corrected chi connectivity index (χ4v) is 2.21. The predicted molar refractivity (Wildman–Crippen MR) is 72.1 cm³/mol. The maximum atomic E-state index is 12.0. The van der Waals surface area contributed by atoms with E-state index >= 15 is 0 Å². The van der Waals surface area contributed by atoms with Gasteiger partial charge in [-0.05, 0) is 30.5 Å². The fourth-order valence-electron chi connectivity index (χ4n) is 2.21. The highest BCUT2D eigenvalue weighted by atomic mass is 16.5. The Balaban J connectivity index is 2.11. The van der Waals surface area contributed by atoms with Crippen LogP contribution in [0, 0.1) is 5.92 Å². The van der Waals surface area contributed by atoms with Crippen LogP contribution in [0.25, 0.3) is 10.4 Å². The molecule has 0 bridgehead atoms. The largest absolute Gasteiger partial charge is 0.494 e. The van der Waals surface area contributed by atoms with Gasteiger partial charge in [0.15, 0.2) is 0 Å². The number of carbonyl (C=O) groups excluding carboxylic acids is 1. The summed E-state index contributed by atoms with van der Waals surface area (Å²) >= 11 is 0. The number of azide groups is 1. The number of benzene rings is 1. The van der Waals surface area contributed by atoms with Crippen LogP contribution < -0.4 is 9.64 Å². The van der Waals surface area contributed by atoms with Crippen molar-refractivity contribution in [3.05, 3.63) is 34.7 Å². The van der Waals surface area contributed by atoms with E-state index in [9.17, 15) is 4.79 Å². The topological polar surface area (TPSA) is 78.3 Å². The van der Waals surface area contributed by atoms with E-state index in [1.807, 2.05) is 31.2 Å². The van der Waals surface area contributed by atoms with Gasteiger partial charge in [0.05, 0.1) is 6.61 Å². The molecule has 0 spiro atoms. The lowest BCUT2D eigenvalue weighted by Gasteiger charge is -2.17. The van der Waals surface area contributed by atoms with Crippen LogP contribution in [0.2, 0.25) is 0 Å². The highest BCUT2D eigenvalue weighted by molar-refractivity contribution is 5.95. The van der Waals surface area contributed by atoms with Gasteiger partial charge in [-0.25, -0.2) is 0 Å².